The van der Waals surface area contributed by atoms with E-state index in [4.69, 9.17) is 14.2 Å². The van der Waals surface area contributed by atoms with Gasteiger partial charge in [-0.3, -0.25) is 0 Å². The lowest BCUT2D eigenvalue weighted by molar-refractivity contribution is -0.156. The zero-order valence-electron chi connectivity index (χ0n) is 8.53. The van der Waals surface area contributed by atoms with Gasteiger partial charge in [-0.1, -0.05) is 0 Å². The Morgan fingerprint density at radius 3 is 2.64 bits per heavy atom. The van der Waals surface area contributed by atoms with Crippen molar-refractivity contribution in [1.29, 1.82) is 0 Å². The number of ether oxygens (including phenoxy) is 3. The summed E-state index contributed by atoms with van der Waals surface area (Å²) in [6, 6.07) is 0. The third-order valence-electron chi connectivity index (χ3n) is 3.44. The summed E-state index contributed by atoms with van der Waals surface area (Å²) in [6.07, 6.45) is 1.11. The van der Waals surface area contributed by atoms with Crippen molar-refractivity contribution < 1.29 is 19.3 Å². The van der Waals surface area contributed by atoms with Crippen molar-refractivity contribution in [3.05, 3.63) is 0 Å². The highest BCUT2D eigenvalue weighted by molar-refractivity contribution is 5.09. The summed E-state index contributed by atoms with van der Waals surface area (Å²) in [5.41, 5.74) is -0.301. The van der Waals surface area contributed by atoms with Crippen molar-refractivity contribution in [1.82, 2.24) is 0 Å². The molecular formula is C10H16O4. The molecule has 2 saturated heterocycles. The highest BCUT2D eigenvalue weighted by Gasteiger charge is 2.62. The Bertz CT molecular complexity index is 259. The molecule has 2 aliphatic heterocycles. The van der Waals surface area contributed by atoms with E-state index in [0.717, 1.165) is 12.8 Å². The van der Waals surface area contributed by atoms with Crippen molar-refractivity contribution in [2.45, 2.75) is 56.4 Å². The summed E-state index contributed by atoms with van der Waals surface area (Å²) in [4.78, 5) is 0. The first kappa shape index (κ1) is 9.09. The number of rotatable bonds is 0. The molecule has 4 nitrogen and oxygen atoms in total. The Balaban J connectivity index is 1.82. The van der Waals surface area contributed by atoms with Crippen LogP contribution in [0.1, 0.15) is 26.7 Å². The lowest BCUT2D eigenvalue weighted by Crippen LogP contribution is -2.50. The molecule has 0 bridgehead atoms. The first-order chi connectivity index (χ1) is 6.53. The van der Waals surface area contributed by atoms with Crippen LogP contribution in [-0.2, 0) is 14.2 Å². The molecular weight excluding hydrogens is 184 g/mol. The smallest absolute Gasteiger partial charge is 0.163 e. The van der Waals surface area contributed by atoms with Gasteiger partial charge in [-0.2, -0.15) is 0 Å². The van der Waals surface area contributed by atoms with Crippen molar-refractivity contribution in [3.8, 4) is 0 Å². The van der Waals surface area contributed by atoms with Gasteiger partial charge >= 0.3 is 0 Å². The number of aliphatic hydroxyl groups is 1. The maximum atomic E-state index is 10.1. The first-order valence-electron chi connectivity index (χ1n) is 5.20. The molecule has 3 rings (SSSR count). The second-order valence-electron chi connectivity index (χ2n) is 4.98. The third kappa shape index (κ3) is 1.15. The fraction of sp³-hybridized carbons (Fsp3) is 1.00. The Labute approximate surface area is 83.1 Å². The molecule has 4 atom stereocenters. The topological polar surface area (TPSA) is 51.2 Å². The largest absolute Gasteiger partial charge is 0.387 e. The van der Waals surface area contributed by atoms with Gasteiger partial charge in [-0.25, -0.2) is 0 Å². The molecule has 1 saturated carbocycles. The van der Waals surface area contributed by atoms with E-state index in [0.29, 0.717) is 6.61 Å². The van der Waals surface area contributed by atoms with Crippen molar-refractivity contribution >= 4 is 0 Å². The molecule has 3 aliphatic rings. The summed E-state index contributed by atoms with van der Waals surface area (Å²) < 4.78 is 16.7. The van der Waals surface area contributed by atoms with Gasteiger partial charge in [-0.05, 0) is 26.7 Å². The molecule has 0 aromatic heterocycles. The van der Waals surface area contributed by atoms with Crippen molar-refractivity contribution in [2.24, 2.45) is 0 Å². The first-order valence-corrected chi connectivity index (χ1v) is 5.20. The van der Waals surface area contributed by atoms with Gasteiger partial charge in [-0.15, -0.1) is 0 Å². The van der Waals surface area contributed by atoms with Crippen LogP contribution in [0.3, 0.4) is 0 Å². The Hall–Kier alpha value is -0.160. The normalized spacial score (nSPS) is 54.6. The molecule has 14 heavy (non-hydrogen) atoms. The molecule has 3 fully saturated rings. The molecule has 0 amide bonds. The molecule has 80 valence electrons. The number of epoxide rings is 1. The van der Waals surface area contributed by atoms with Crippen molar-refractivity contribution in [2.75, 3.05) is 6.61 Å². The molecule has 0 aromatic carbocycles. The van der Waals surface area contributed by atoms with E-state index in [1.807, 2.05) is 13.8 Å². The maximum Gasteiger partial charge on any atom is 0.163 e. The van der Waals surface area contributed by atoms with Crippen LogP contribution in [0.15, 0.2) is 0 Å². The molecule has 1 aliphatic carbocycles. The van der Waals surface area contributed by atoms with Gasteiger partial charge < -0.3 is 19.3 Å². The SMILES string of the molecule is CC1(C)O[C@@H]2[C@@H](CC[C@@]3(CO3)[C@H]2O)O1. The number of hydrogen-bond donors (Lipinski definition) is 1. The van der Waals surface area contributed by atoms with E-state index in [1.165, 1.54) is 0 Å². The standard InChI is InChI=1S/C10H16O4/c1-9(2)13-6-3-4-10(5-12-10)8(11)7(6)14-9/h6-8,11H,3-5H2,1-2H3/t6-,7-,8+,10-/m1/s1. The molecule has 0 unspecified atom stereocenters. The van der Waals surface area contributed by atoms with E-state index in [-0.39, 0.29) is 17.8 Å². The van der Waals surface area contributed by atoms with E-state index in [1.54, 1.807) is 0 Å². The van der Waals surface area contributed by atoms with Gasteiger partial charge in [0.25, 0.3) is 0 Å². The van der Waals surface area contributed by atoms with Crippen LogP contribution in [0, 0.1) is 0 Å². The molecule has 1 N–H and O–H groups in total. The van der Waals surface area contributed by atoms with E-state index >= 15 is 0 Å². The Kier molecular flexibility index (Phi) is 1.62. The number of fused-ring (bicyclic) bond motifs is 1. The number of hydrogen-bond acceptors (Lipinski definition) is 4. The van der Waals surface area contributed by atoms with Gasteiger partial charge in [0.15, 0.2) is 5.79 Å². The highest BCUT2D eigenvalue weighted by Crippen LogP contribution is 2.47. The molecule has 0 radical (unpaired) electrons. The summed E-state index contributed by atoms with van der Waals surface area (Å²) in [5, 5.41) is 10.1. The van der Waals surface area contributed by atoms with Gasteiger partial charge in [0.2, 0.25) is 0 Å². The van der Waals surface area contributed by atoms with E-state index in [2.05, 4.69) is 0 Å². The van der Waals surface area contributed by atoms with Crippen LogP contribution < -0.4 is 0 Å². The fourth-order valence-electron chi connectivity index (χ4n) is 2.60. The van der Waals surface area contributed by atoms with Crippen LogP contribution in [0.4, 0.5) is 0 Å². The summed E-state index contributed by atoms with van der Waals surface area (Å²) in [7, 11) is 0. The van der Waals surface area contributed by atoms with Gasteiger partial charge in [0.05, 0.1) is 12.7 Å². The van der Waals surface area contributed by atoms with Crippen LogP contribution in [0.25, 0.3) is 0 Å². The fourth-order valence-corrected chi connectivity index (χ4v) is 2.60. The van der Waals surface area contributed by atoms with Crippen molar-refractivity contribution in [3.63, 3.8) is 0 Å². The van der Waals surface area contributed by atoms with Crippen LogP contribution in [-0.4, -0.2) is 41.4 Å². The lowest BCUT2D eigenvalue weighted by Gasteiger charge is -2.32. The third-order valence-corrected chi connectivity index (χ3v) is 3.44. The molecule has 1 spiro atoms. The van der Waals surface area contributed by atoms with Crippen LogP contribution >= 0.6 is 0 Å². The Morgan fingerprint density at radius 2 is 2.00 bits per heavy atom. The highest BCUT2D eigenvalue weighted by atomic mass is 16.8. The zero-order valence-corrected chi connectivity index (χ0v) is 8.53. The molecule has 0 aromatic rings. The molecule has 4 heteroatoms. The summed E-state index contributed by atoms with van der Waals surface area (Å²) >= 11 is 0. The second-order valence-corrected chi connectivity index (χ2v) is 4.98. The average molecular weight is 200 g/mol. The number of aliphatic hydroxyl groups excluding tert-OH is 1. The van der Waals surface area contributed by atoms with E-state index < -0.39 is 11.9 Å². The van der Waals surface area contributed by atoms with E-state index in [9.17, 15) is 5.11 Å². The average Bonchev–Trinajstić information content (AvgIpc) is 2.80. The van der Waals surface area contributed by atoms with Crippen LogP contribution in [0.2, 0.25) is 0 Å². The summed E-state index contributed by atoms with van der Waals surface area (Å²) in [5.74, 6) is -0.559. The van der Waals surface area contributed by atoms with Crippen LogP contribution in [0.5, 0.6) is 0 Å². The quantitative estimate of drug-likeness (QED) is 0.576. The second kappa shape index (κ2) is 2.50. The zero-order chi connectivity index (χ0) is 9.97. The van der Waals surface area contributed by atoms with Gasteiger partial charge in [0, 0.05) is 0 Å². The minimum absolute atomic E-state index is 0.0369. The minimum Gasteiger partial charge on any atom is -0.387 e. The predicted octanol–water partition coefficient (Wildman–Crippen LogP) is 0.430. The lowest BCUT2D eigenvalue weighted by atomic mass is 9.83. The predicted molar refractivity (Wildman–Crippen MR) is 47.7 cm³/mol. The maximum absolute atomic E-state index is 10.1. The van der Waals surface area contributed by atoms with Gasteiger partial charge in [0.1, 0.15) is 17.8 Å². The monoisotopic (exact) mass is 200 g/mol. The Morgan fingerprint density at radius 1 is 1.29 bits per heavy atom. The summed E-state index contributed by atoms with van der Waals surface area (Å²) in [6.45, 7) is 4.44. The minimum atomic E-state index is -0.559. The molecule has 2 heterocycles.